The number of carbonyl (C=O) groups excluding carboxylic acids is 2. The Balaban J connectivity index is 1.31. The third-order valence-corrected chi connectivity index (χ3v) is 5.21. The van der Waals surface area contributed by atoms with Crippen molar-refractivity contribution in [3.05, 3.63) is 76.3 Å². The molecule has 4 aromatic rings. The number of rotatable bonds is 6. The third-order valence-electron chi connectivity index (χ3n) is 4.62. The van der Waals surface area contributed by atoms with E-state index in [-0.39, 0.29) is 25.4 Å². The van der Waals surface area contributed by atoms with E-state index < -0.39 is 5.97 Å². The van der Waals surface area contributed by atoms with Crippen molar-refractivity contribution in [3.63, 3.8) is 0 Å². The van der Waals surface area contributed by atoms with E-state index in [2.05, 4.69) is 5.32 Å². The van der Waals surface area contributed by atoms with Gasteiger partial charge < -0.3 is 14.5 Å². The molecule has 0 aliphatic rings. The standard InChI is InChI=1S/C23H17Cl2NO4/c24-15-6-5-14(19(25)11-15)13-29-23(28)10-9-22(27)26-16-7-8-18-17-3-1-2-4-20(17)30-21(18)12-16/h1-8,11-12H,9-10,13H2,(H,26,27). The van der Waals surface area contributed by atoms with Gasteiger partial charge in [0, 0.05) is 44.6 Å². The minimum Gasteiger partial charge on any atom is -0.461 e. The molecule has 0 atom stereocenters. The Morgan fingerprint density at radius 3 is 2.53 bits per heavy atom. The Morgan fingerprint density at radius 1 is 0.900 bits per heavy atom. The van der Waals surface area contributed by atoms with Crippen molar-refractivity contribution in [1.29, 1.82) is 0 Å². The number of benzene rings is 3. The minimum absolute atomic E-state index is 0.00531. The van der Waals surface area contributed by atoms with Gasteiger partial charge in [-0.1, -0.05) is 47.5 Å². The lowest BCUT2D eigenvalue weighted by Crippen LogP contribution is -2.14. The monoisotopic (exact) mass is 441 g/mol. The van der Waals surface area contributed by atoms with Gasteiger partial charge in [0.25, 0.3) is 0 Å². The van der Waals surface area contributed by atoms with Gasteiger partial charge in [0.15, 0.2) is 0 Å². The summed E-state index contributed by atoms with van der Waals surface area (Å²) in [6.07, 6.45) is -0.0325. The average molecular weight is 442 g/mol. The summed E-state index contributed by atoms with van der Waals surface area (Å²) in [7, 11) is 0. The van der Waals surface area contributed by atoms with Gasteiger partial charge in [-0.25, -0.2) is 0 Å². The molecule has 0 saturated carbocycles. The van der Waals surface area contributed by atoms with Gasteiger partial charge in [0.05, 0.1) is 6.42 Å². The van der Waals surface area contributed by atoms with Crippen molar-refractivity contribution in [3.8, 4) is 0 Å². The van der Waals surface area contributed by atoms with Crippen LogP contribution in [0.1, 0.15) is 18.4 Å². The zero-order valence-corrected chi connectivity index (χ0v) is 17.3. The van der Waals surface area contributed by atoms with Crippen LogP contribution in [-0.2, 0) is 20.9 Å². The fourth-order valence-corrected chi connectivity index (χ4v) is 3.57. The highest BCUT2D eigenvalue weighted by atomic mass is 35.5. The summed E-state index contributed by atoms with van der Waals surface area (Å²) in [4.78, 5) is 24.1. The third kappa shape index (κ3) is 4.58. The molecule has 0 bridgehead atoms. The van der Waals surface area contributed by atoms with Crippen molar-refractivity contribution < 1.29 is 18.7 Å². The maximum absolute atomic E-state index is 12.2. The predicted octanol–water partition coefficient (Wildman–Crippen LogP) is 6.35. The van der Waals surface area contributed by atoms with Crippen LogP contribution in [0.4, 0.5) is 5.69 Å². The Morgan fingerprint density at radius 2 is 1.70 bits per heavy atom. The molecule has 0 aliphatic carbocycles. The molecule has 1 heterocycles. The van der Waals surface area contributed by atoms with E-state index >= 15 is 0 Å². The summed E-state index contributed by atoms with van der Waals surface area (Å²) in [6, 6.07) is 18.2. The molecule has 0 unspecified atom stereocenters. The second-order valence-electron chi connectivity index (χ2n) is 6.75. The minimum atomic E-state index is -0.482. The number of esters is 1. The molecule has 1 amide bonds. The Hall–Kier alpha value is -3.02. The topological polar surface area (TPSA) is 68.5 Å². The van der Waals surface area contributed by atoms with Crippen LogP contribution >= 0.6 is 23.2 Å². The van der Waals surface area contributed by atoms with Crippen molar-refractivity contribution in [2.24, 2.45) is 0 Å². The van der Waals surface area contributed by atoms with E-state index in [0.717, 1.165) is 16.4 Å². The number of amides is 1. The van der Waals surface area contributed by atoms with Crippen LogP contribution in [0.3, 0.4) is 0 Å². The Bertz CT molecular complexity index is 1250. The highest BCUT2D eigenvalue weighted by molar-refractivity contribution is 6.35. The molecule has 0 spiro atoms. The number of halogens is 2. The Kier molecular flexibility index (Phi) is 5.93. The van der Waals surface area contributed by atoms with E-state index in [1.54, 1.807) is 24.3 Å². The summed E-state index contributed by atoms with van der Waals surface area (Å²) in [5.74, 6) is -0.768. The largest absolute Gasteiger partial charge is 0.461 e. The first-order valence-electron chi connectivity index (χ1n) is 9.30. The van der Waals surface area contributed by atoms with Crippen LogP contribution in [0, 0.1) is 0 Å². The molecule has 7 heteroatoms. The zero-order chi connectivity index (χ0) is 21.1. The molecule has 1 aromatic heterocycles. The van der Waals surface area contributed by atoms with Crippen LogP contribution in [0.2, 0.25) is 10.0 Å². The summed E-state index contributed by atoms with van der Waals surface area (Å²) in [6.45, 7) is 0.0270. The number of hydrogen-bond donors (Lipinski definition) is 1. The molecular formula is C23H17Cl2NO4. The van der Waals surface area contributed by atoms with Crippen molar-refractivity contribution in [2.75, 3.05) is 5.32 Å². The van der Waals surface area contributed by atoms with E-state index in [1.165, 1.54) is 0 Å². The molecule has 30 heavy (non-hydrogen) atoms. The summed E-state index contributed by atoms with van der Waals surface area (Å²) >= 11 is 11.9. The van der Waals surface area contributed by atoms with E-state index in [0.29, 0.717) is 26.9 Å². The number of anilines is 1. The van der Waals surface area contributed by atoms with E-state index in [9.17, 15) is 9.59 Å². The summed E-state index contributed by atoms with van der Waals surface area (Å²) < 4.78 is 11.0. The molecule has 1 N–H and O–H groups in total. The summed E-state index contributed by atoms with van der Waals surface area (Å²) in [5, 5.41) is 5.71. The maximum atomic E-state index is 12.2. The lowest BCUT2D eigenvalue weighted by Gasteiger charge is -2.08. The fourth-order valence-electron chi connectivity index (χ4n) is 3.11. The van der Waals surface area contributed by atoms with Gasteiger partial charge >= 0.3 is 5.97 Å². The highest BCUT2D eigenvalue weighted by Gasteiger charge is 2.12. The first-order chi connectivity index (χ1) is 14.5. The summed E-state index contributed by atoms with van der Waals surface area (Å²) in [5.41, 5.74) is 2.73. The second-order valence-corrected chi connectivity index (χ2v) is 7.60. The molecular weight excluding hydrogens is 425 g/mol. The van der Waals surface area contributed by atoms with Crippen LogP contribution in [0.5, 0.6) is 0 Å². The second kappa shape index (κ2) is 8.78. The lowest BCUT2D eigenvalue weighted by molar-refractivity contribution is -0.145. The average Bonchev–Trinajstić information content (AvgIpc) is 3.09. The smallest absolute Gasteiger partial charge is 0.306 e. The van der Waals surface area contributed by atoms with Crippen molar-refractivity contribution in [2.45, 2.75) is 19.4 Å². The fraction of sp³-hybridized carbons (Fsp3) is 0.130. The van der Waals surface area contributed by atoms with Crippen LogP contribution < -0.4 is 5.32 Å². The molecule has 3 aromatic carbocycles. The number of ether oxygens (including phenoxy) is 1. The molecule has 5 nitrogen and oxygen atoms in total. The molecule has 0 saturated heterocycles. The number of para-hydroxylation sites is 1. The van der Waals surface area contributed by atoms with Gasteiger partial charge in [-0.3, -0.25) is 9.59 Å². The van der Waals surface area contributed by atoms with Gasteiger partial charge in [0.1, 0.15) is 17.8 Å². The number of fused-ring (bicyclic) bond motifs is 3. The number of hydrogen-bond acceptors (Lipinski definition) is 4. The van der Waals surface area contributed by atoms with Gasteiger partial charge in [0.2, 0.25) is 5.91 Å². The van der Waals surface area contributed by atoms with Crippen LogP contribution in [0.25, 0.3) is 21.9 Å². The zero-order valence-electron chi connectivity index (χ0n) is 15.8. The molecule has 4 rings (SSSR count). The molecule has 0 aliphatic heterocycles. The number of nitrogens with one attached hydrogen (secondary N) is 1. The SMILES string of the molecule is O=C(CCC(=O)OCc1ccc(Cl)cc1Cl)Nc1ccc2c(c1)oc1ccccc12. The molecule has 152 valence electrons. The molecule has 0 fully saturated rings. The molecule has 0 radical (unpaired) electrons. The van der Waals surface area contributed by atoms with Gasteiger partial charge in [-0.05, 0) is 30.3 Å². The van der Waals surface area contributed by atoms with Gasteiger partial charge in [-0.2, -0.15) is 0 Å². The van der Waals surface area contributed by atoms with Crippen LogP contribution in [0.15, 0.2) is 65.1 Å². The lowest BCUT2D eigenvalue weighted by atomic mass is 10.1. The number of furan rings is 1. The maximum Gasteiger partial charge on any atom is 0.306 e. The van der Waals surface area contributed by atoms with Crippen LogP contribution in [-0.4, -0.2) is 11.9 Å². The highest BCUT2D eigenvalue weighted by Crippen LogP contribution is 2.30. The quantitative estimate of drug-likeness (QED) is 0.353. The van der Waals surface area contributed by atoms with Crippen molar-refractivity contribution >= 4 is 62.7 Å². The first-order valence-corrected chi connectivity index (χ1v) is 10.1. The van der Waals surface area contributed by atoms with Gasteiger partial charge in [-0.15, -0.1) is 0 Å². The Labute approximate surface area is 182 Å². The predicted molar refractivity (Wildman–Crippen MR) is 118 cm³/mol. The van der Waals surface area contributed by atoms with E-state index in [4.69, 9.17) is 32.4 Å². The van der Waals surface area contributed by atoms with Crippen molar-refractivity contribution in [1.82, 2.24) is 0 Å². The normalized spacial score (nSPS) is 11.0. The first kappa shape index (κ1) is 20.3. The van der Waals surface area contributed by atoms with E-state index in [1.807, 2.05) is 36.4 Å². The number of carbonyl (C=O) groups is 2.